The molecule has 1 saturated carbocycles. The summed E-state index contributed by atoms with van der Waals surface area (Å²) in [4.78, 5) is 24.1. The highest BCUT2D eigenvalue weighted by Gasteiger charge is 2.31. The molecule has 5 nitrogen and oxygen atoms in total. The first-order chi connectivity index (χ1) is 19.3. The number of nitrogens with zero attached hydrogens (tertiary/aromatic N) is 4. The van der Waals surface area contributed by atoms with Crippen LogP contribution in [0.5, 0.6) is 0 Å². The lowest BCUT2D eigenvalue weighted by atomic mass is 10.0. The maximum absolute atomic E-state index is 13.5. The van der Waals surface area contributed by atoms with E-state index in [-0.39, 0.29) is 11.9 Å². The number of carbonyl (C=O) groups is 1. The highest BCUT2D eigenvalue weighted by molar-refractivity contribution is 5.92. The minimum Gasteiger partial charge on any atom is -0.345 e. The Morgan fingerprint density at radius 2 is 1.55 bits per heavy atom. The molecule has 0 radical (unpaired) electrons. The molecule has 1 aromatic heterocycles. The van der Waals surface area contributed by atoms with Gasteiger partial charge in [-0.05, 0) is 85.2 Å². The molecule has 0 bridgehead atoms. The summed E-state index contributed by atoms with van der Waals surface area (Å²) in [6, 6.07) is 17.1. The number of alkyl halides is 3. The molecule has 1 aliphatic carbocycles. The summed E-state index contributed by atoms with van der Waals surface area (Å²) in [5.74, 6) is 0.711. The van der Waals surface area contributed by atoms with Crippen LogP contribution in [0, 0.1) is 5.92 Å². The summed E-state index contributed by atoms with van der Waals surface area (Å²) >= 11 is 0. The van der Waals surface area contributed by atoms with Crippen LogP contribution in [0.15, 0.2) is 79.1 Å². The lowest BCUT2D eigenvalue weighted by Gasteiger charge is -2.38. The first kappa shape index (κ1) is 27.9. The van der Waals surface area contributed by atoms with Crippen LogP contribution in [0.2, 0.25) is 0 Å². The second-order valence-electron chi connectivity index (χ2n) is 10.8. The quantitative estimate of drug-likeness (QED) is 0.276. The van der Waals surface area contributed by atoms with Crippen molar-refractivity contribution in [3.8, 4) is 0 Å². The third-order valence-electron chi connectivity index (χ3n) is 7.88. The van der Waals surface area contributed by atoms with Gasteiger partial charge in [0, 0.05) is 69.1 Å². The summed E-state index contributed by atoms with van der Waals surface area (Å²) in [6.45, 7) is 3.58. The first-order valence-electron chi connectivity index (χ1n) is 13.9. The molecule has 1 aliphatic heterocycles. The number of benzene rings is 2. The van der Waals surface area contributed by atoms with Gasteiger partial charge in [-0.3, -0.25) is 9.78 Å². The molecular weight excluding hydrogens is 513 g/mol. The molecule has 2 heterocycles. The van der Waals surface area contributed by atoms with Crippen LogP contribution in [-0.4, -0.2) is 53.4 Å². The number of anilines is 2. The van der Waals surface area contributed by atoms with Crippen LogP contribution >= 0.6 is 0 Å². The zero-order chi connectivity index (χ0) is 28.1. The second-order valence-corrected chi connectivity index (χ2v) is 10.8. The van der Waals surface area contributed by atoms with E-state index in [0.717, 1.165) is 67.5 Å². The molecule has 2 fully saturated rings. The lowest BCUT2D eigenvalue weighted by molar-refractivity contribution is -0.137. The summed E-state index contributed by atoms with van der Waals surface area (Å²) < 4.78 is 38.8. The molecule has 210 valence electrons. The van der Waals surface area contributed by atoms with Crippen molar-refractivity contribution >= 4 is 23.4 Å². The monoisotopic (exact) mass is 548 g/mol. The van der Waals surface area contributed by atoms with Gasteiger partial charge in [0.15, 0.2) is 0 Å². The van der Waals surface area contributed by atoms with Crippen molar-refractivity contribution in [1.82, 2.24) is 14.8 Å². The molecule has 1 saturated heterocycles. The van der Waals surface area contributed by atoms with Gasteiger partial charge in [-0.15, -0.1) is 0 Å². The number of halogens is 3. The molecule has 3 aromatic rings. The summed E-state index contributed by atoms with van der Waals surface area (Å²) in [5, 5.41) is 0. The Morgan fingerprint density at radius 3 is 2.15 bits per heavy atom. The second kappa shape index (κ2) is 12.3. The molecule has 0 spiro atoms. The number of hydrogen-bond donors (Lipinski definition) is 0. The van der Waals surface area contributed by atoms with Gasteiger partial charge in [0.1, 0.15) is 0 Å². The van der Waals surface area contributed by atoms with Gasteiger partial charge in [0.25, 0.3) is 0 Å². The van der Waals surface area contributed by atoms with Crippen LogP contribution in [-0.2, 0) is 17.5 Å². The van der Waals surface area contributed by atoms with Crippen molar-refractivity contribution in [2.75, 3.05) is 31.6 Å². The average Bonchev–Trinajstić information content (AvgIpc) is 3.79. The van der Waals surface area contributed by atoms with E-state index in [0.29, 0.717) is 12.1 Å². The van der Waals surface area contributed by atoms with Crippen LogP contribution in [0.3, 0.4) is 0 Å². The van der Waals surface area contributed by atoms with E-state index in [9.17, 15) is 18.0 Å². The third-order valence-corrected chi connectivity index (χ3v) is 7.88. The zero-order valence-corrected chi connectivity index (χ0v) is 22.7. The van der Waals surface area contributed by atoms with Crippen LogP contribution in [0.4, 0.5) is 24.5 Å². The number of aromatic nitrogens is 1. The Bertz CT molecular complexity index is 1280. The molecule has 2 aliphatic rings. The lowest BCUT2D eigenvalue weighted by Crippen LogP contribution is -2.47. The van der Waals surface area contributed by atoms with Crippen molar-refractivity contribution in [2.45, 2.75) is 44.4 Å². The molecule has 2 aromatic carbocycles. The fourth-order valence-corrected chi connectivity index (χ4v) is 5.25. The van der Waals surface area contributed by atoms with E-state index in [4.69, 9.17) is 0 Å². The van der Waals surface area contributed by atoms with Gasteiger partial charge < -0.3 is 14.7 Å². The van der Waals surface area contributed by atoms with Gasteiger partial charge in [0.05, 0.1) is 5.56 Å². The Hall–Kier alpha value is -3.65. The number of hydrogen-bond acceptors (Lipinski definition) is 4. The number of likely N-dealkylation sites (tertiary alicyclic amines) is 1. The minimum atomic E-state index is -4.38. The fraction of sp³-hybridized carbons (Fsp3) is 0.375. The smallest absolute Gasteiger partial charge is 0.345 e. The molecule has 0 unspecified atom stereocenters. The fourth-order valence-electron chi connectivity index (χ4n) is 5.25. The molecular formula is C32H35F3N4O. The van der Waals surface area contributed by atoms with Gasteiger partial charge in [0.2, 0.25) is 5.91 Å². The van der Waals surface area contributed by atoms with Crippen LogP contribution < -0.4 is 4.90 Å². The van der Waals surface area contributed by atoms with E-state index in [1.807, 2.05) is 24.1 Å². The normalized spacial score (nSPS) is 16.8. The van der Waals surface area contributed by atoms with Crippen molar-refractivity contribution in [1.29, 1.82) is 0 Å². The van der Waals surface area contributed by atoms with Gasteiger partial charge in [-0.1, -0.05) is 24.3 Å². The van der Waals surface area contributed by atoms with Gasteiger partial charge in [-0.2, -0.15) is 13.2 Å². The molecule has 0 atom stereocenters. The summed E-state index contributed by atoms with van der Waals surface area (Å²) in [5.41, 5.74) is 2.95. The highest BCUT2D eigenvalue weighted by Crippen LogP contribution is 2.32. The predicted octanol–water partition coefficient (Wildman–Crippen LogP) is 6.78. The zero-order valence-electron chi connectivity index (χ0n) is 22.7. The van der Waals surface area contributed by atoms with E-state index < -0.39 is 11.7 Å². The molecule has 0 N–H and O–H groups in total. The van der Waals surface area contributed by atoms with Crippen molar-refractivity contribution < 1.29 is 18.0 Å². The highest BCUT2D eigenvalue weighted by atomic mass is 19.4. The Kier molecular flexibility index (Phi) is 8.54. The molecule has 1 amide bonds. The Morgan fingerprint density at radius 1 is 0.925 bits per heavy atom. The average molecular weight is 549 g/mol. The van der Waals surface area contributed by atoms with E-state index in [1.165, 1.54) is 31.1 Å². The molecule has 8 heteroatoms. The Balaban J connectivity index is 1.29. The van der Waals surface area contributed by atoms with E-state index >= 15 is 0 Å². The maximum atomic E-state index is 13.5. The standard InChI is InChI=1S/C32H35F3N4O/c1-37(29-14-18-36-19-15-29)28-11-6-26(7-12-28)23-39(30-16-20-38(21-17-30)22-25-2-3-25)31(40)13-8-24-4-9-27(10-5-24)32(33,34)35/h4-15,18-19,25,30H,2-3,16-17,20-23H2,1H3. The summed E-state index contributed by atoms with van der Waals surface area (Å²) in [6.07, 6.45) is 6.71. The number of pyridine rings is 1. The predicted molar refractivity (Wildman–Crippen MR) is 152 cm³/mol. The van der Waals surface area contributed by atoms with Crippen LogP contribution in [0.1, 0.15) is 42.4 Å². The maximum Gasteiger partial charge on any atom is 0.416 e. The van der Waals surface area contributed by atoms with Crippen LogP contribution in [0.25, 0.3) is 6.08 Å². The van der Waals surface area contributed by atoms with Crippen molar-refractivity contribution in [3.63, 3.8) is 0 Å². The van der Waals surface area contributed by atoms with Crippen molar-refractivity contribution in [2.24, 2.45) is 5.92 Å². The SMILES string of the molecule is CN(c1ccncc1)c1ccc(CN(C(=O)C=Cc2ccc(C(F)(F)F)cc2)C2CCN(CC3CC3)CC2)cc1. The van der Waals surface area contributed by atoms with Gasteiger partial charge >= 0.3 is 6.18 Å². The Labute approximate surface area is 233 Å². The number of rotatable bonds is 9. The summed E-state index contributed by atoms with van der Waals surface area (Å²) in [7, 11) is 2.00. The molecule has 5 rings (SSSR count). The largest absolute Gasteiger partial charge is 0.416 e. The minimum absolute atomic E-state index is 0.111. The van der Waals surface area contributed by atoms with E-state index in [2.05, 4.69) is 39.0 Å². The van der Waals surface area contributed by atoms with E-state index in [1.54, 1.807) is 18.5 Å². The first-order valence-corrected chi connectivity index (χ1v) is 13.9. The molecule has 40 heavy (non-hydrogen) atoms. The number of amides is 1. The number of carbonyl (C=O) groups excluding carboxylic acids is 1. The number of piperidine rings is 1. The van der Waals surface area contributed by atoms with Crippen molar-refractivity contribution in [3.05, 3.63) is 95.8 Å². The third kappa shape index (κ3) is 7.30. The van der Waals surface area contributed by atoms with Gasteiger partial charge in [-0.25, -0.2) is 0 Å². The topological polar surface area (TPSA) is 39.7 Å².